The van der Waals surface area contributed by atoms with Gasteiger partial charge in [-0.3, -0.25) is 14.5 Å². The van der Waals surface area contributed by atoms with Crippen LogP contribution in [0.25, 0.3) is 0 Å². The van der Waals surface area contributed by atoms with Gasteiger partial charge in [0.25, 0.3) is 0 Å². The topological polar surface area (TPSA) is 53.1 Å². The molecule has 2 saturated carbocycles. The Kier molecular flexibility index (Phi) is 6.80. The molecule has 6 heteroatoms. The lowest BCUT2D eigenvalue weighted by molar-refractivity contribution is -0.203. The average Bonchev–Trinajstić information content (AvgIpc) is 3.64. The molecule has 3 aliphatic heterocycles. The van der Waals surface area contributed by atoms with Gasteiger partial charge in [-0.2, -0.15) is 0 Å². The van der Waals surface area contributed by atoms with Crippen molar-refractivity contribution in [2.24, 2.45) is 11.8 Å². The Morgan fingerprint density at radius 1 is 0.844 bits per heavy atom. The van der Waals surface area contributed by atoms with Crippen molar-refractivity contribution in [2.75, 3.05) is 39.3 Å². The summed E-state index contributed by atoms with van der Waals surface area (Å²) >= 11 is 0. The summed E-state index contributed by atoms with van der Waals surface area (Å²) in [5.41, 5.74) is 0.300. The number of carbonyl (C=O) groups excluding carboxylic acids is 2. The van der Waals surface area contributed by atoms with E-state index in [1.165, 1.54) is 44.9 Å². The van der Waals surface area contributed by atoms with Crippen LogP contribution in [0.4, 0.5) is 0 Å². The fourth-order valence-electron chi connectivity index (χ4n) is 6.89. The minimum Gasteiger partial charge on any atom is -0.375 e. The first-order valence-corrected chi connectivity index (χ1v) is 13.5. The molecule has 3 saturated heterocycles. The van der Waals surface area contributed by atoms with Crippen LogP contribution in [0.1, 0.15) is 84.0 Å². The maximum atomic E-state index is 13.0. The highest BCUT2D eigenvalue weighted by Crippen LogP contribution is 2.48. The second-order valence-electron chi connectivity index (χ2n) is 11.3. The maximum absolute atomic E-state index is 13.0. The standard InChI is InChI=1S/C26H43N3O3/c1-20(30)27-13-7-21(8-14-27)17-25(31)28-15-9-23(10-16-28)29-18-24(32-19-22-5-6-22)26(29)11-3-2-4-12-26/h21-24H,2-19H2,1H3. The van der Waals surface area contributed by atoms with E-state index >= 15 is 0 Å². The molecule has 0 aromatic carbocycles. The molecule has 5 fully saturated rings. The van der Waals surface area contributed by atoms with Crippen LogP contribution in [0, 0.1) is 11.8 Å². The number of likely N-dealkylation sites (tertiary alicyclic amines) is 3. The summed E-state index contributed by atoms with van der Waals surface area (Å²) in [6.07, 6.45) is 14.7. The number of carbonyl (C=O) groups is 2. The number of ether oxygens (including phenoxy) is 1. The van der Waals surface area contributed by atoms with Crippen molar-refractivity contribution in [3.8, 4) is 0 Å². The van der Waals surface area contributed by atoms with Gasteiger partial charge in [0, 0.05) is 64.3 Å². The molecule has 0 aromatic rings. The van der Waals surface area contributed by atoms with Crippen molar-refractivity contribution in [3.63, 3.8) is 0 Å². The third-order valence-electron chi connectivity index (χ3n) is 9.26. The molecule has 1 spiro atoms. The SMILES string of the molecule is CC(=O)N1CCC(CC(=O)N2CCC(N3CC(OCC4CC4)C34CCCCC4)CC2)CC1. The molecular formula is C26H43N3O3. The van der Waals surface area contributed by atoms with Crippen LogP contribution in [0.2, 0.25) is 0 Å². The zero-order valence-corrected chi connectivity index (χ0v) is 20.1. The second kappa shape index (κ2) is 9.61. The van der Waals surface area contributed by atoms with Gasteiger partial charge in [0.05, 0.1) is 6.10 Å². The molecule has 5 rings (SSSR count). The van der Waals surface area contributed by atoms with Crippen molar-refractivity contribution in [1.82, 2.24) is 14.7 Å². The minimum atomic E-state index is 0.166. The van der Waals surface area contributed by atoms with Gasteiger partial charge >= 0.3 is 0 Å². The Balaban J connectivity index is 1.09. The highest BCUT2D eigenvalue weighted by molar-refractivity contribution is 5.76. The Morgan fingerprint density at radius 3 is 2.12 bits per heavy atom. The first-order chi connectivity index (χ1) is 15.5. The average molecular weight is 446 g/mol. The van der Waals surface area contributed by atoms with Gasteiger partial charge in [-0.05, 0) is 63.2 Å². The normalized spacial score (nSPS) is 29.8. The predicted octanol–water partition coefficient (Wildman–Crippen LogP) is 3.44. The zero-order chi connectivity index (χ0) is 22.1. The smallest absolute Gasteiger partial charge is 0.222 e. The highest BCUT2D eigenvalue weighted by atomic mass is 16.5. The van der Waals surface area contributed by atoms with Crippen LogP contribution in [0.15, 0.2) is 0 Å². The summed E-state index contributed by atoms with van der Waals surface area (Å²) in [5.74, 6) is 1.79. The van der Waals surface area contributed by atoms with E-state index in [2.05, 4.69) is 9.80 Å². The Labute approximate surface area is 194 Å². The highest BCUT2D eigenvalue weighted by Gasteiger charge is 2.56. The number of amides is 2. The van der Waals surface area contributed by atoms with E-state index < -0.39 is 0 Å². The van der Waals surface area contributed by atoms with Crippen LogP contribution in [0.3, 0.4) is 0 Å². The molecule has 2 amide bonds. The van der Waals surface area contributed by atoms with Crippen LogP contribution in [0.5, 0.6) is 0 Å². The fourth-order valence-corrected chi connectivity index (χ4v) is 6.89. The van der Waals surface area contributed by atoms with E-state index in [0.717, 1.165) is 70.9 Å². The molecule has 6 nitrogen and oxygen atoms in total. The van der Waals surface area contributed by atoms with Gasteiger partial charge in [-0.1, -0.05) is 19.3 Å². The monoisotopic (exact) mass is 445 g/mol. The van der Waals surface area contributed by atoms with E-state index in [-0.39, 0.29) is 5.91 Å². The van der Waals surface area contributed by atoms with E-state index in [9.17, 15) is 9.59 Å². The predicted molar refractivity (Wildman–Crippen MR) is 124 cm³/mol. The van der Waals surface area contributed by atoms with E-state index in [1.807, 2.05) is 4.90 Å². The molecule has 5 aliphatic rings. The van der Waals surface area contributed by atoms with E-state index in [1.54, 1.807) is 6.92 Å². The molecular weight excluding hydrogens is 402 g/mol. The van der Waals surface area contributed by atoms with Gasteiger partial charge in [0.2, 0.25) is 11.8 Å². The number of hydrogen-bond acceptors (Lipinski definition) is 4. The maximum Gasteiger partial charge on any atom is 0.222 e. The fraction of sp³-hybridized carbons (Fsp3) is 0.923. The van der Waals surface area contributed by atoms with Crippen molar-refractivity contribution in [3.05, 3.63) is 0 Å². The van der Waals surface area contributed by atoms with Crippen molar-refractivity contribution in [2.45, 2.75) is 102 Å². The van der Waals surface area contributed by atoms with Gasteiger partial charge in [0.15, 0.2) is 0 Å². The largest absolute Gasteiger partial charge is 0.375 e. The quantitative estimate of drug-likeness (QED) is 0.629. The second-order valence-corrected chi connectivity index (χ2v) is 11.3. The van der Waals surface area contributed by atoms with Crippen LogP contribution >= 0.6 is 0 Å². The number of piperidine rings is 2. The first kappa shape index (κ1) is 22.6. The molecule has 32 heavy (non-hydrogen) atoms. The van der Waals surface area contributed by atoms with E-state index in [0.29, 0.717) is 35.9 Å². The zero-order valence-electron chi connectivity index (χ0n) is 20.1. The third kappa shape index (κ3) is 4.72. The van der Waals surface area contributed by atoms with Crippen molar-refractivity contribution < 1.29 is 14.3 Å². The lowest BCUT2D eigenvalue weighted by Crippen LogP contribution is -2.75. The van der Waals surface area contributed by atoms with Crippen LogP contribution in [-0.4, -0.2) is 83.5 Å². The molecule has 1 atom stereocenters. The summed E-state index contributed by atoms with van der Waals surface area (Å²) in [5, 5.41) is 0. The molecule has 180 valence electrons. The molecule has 0 aromatic heterocycles. The lowest BCUT2D eigenvalue weighted by Gasteiger charge is -2.63. The molecule has 3 heterocycles. The number of rotatable bonds is 6. The summed E-state index contributed by atoms with van der Waals surface area (Å²) < 4.78 is 6.45. The third-order valence-corrected chi connectivity index (χ3v) is 9.26. The minimum absolute atomic E-state index is 0.166. The van der Waals surface area contributed by atoms with E-state index in [4.69, 9.17) is 4.74 Å². The lowest BCUT2D eigenvalue weighted by atomic mass is 9.69. The van der Waals surface area contributed by atoms with Gasteiger partial charge in [-0.15, -0.1) is 0 Å². The molecule has 2 aliphatic carbocycles. The molecule has 0 bridgehead atoms. The Morgan fingerprint density at radius 2 is 1.50 bits per heavy atom. The van der Waals surface area contributed by atoms with Gasteiger partial charge in [-0.25, -0.2) is 0 Å². The Hall–Kier alpha value is -1.14. The van der Waals surface area contributed by atoms with Crippen molar-refractivity contribution >= 4 is 11.8 Å². The van der Waals surface area contributed by atoms with Crippen LogP contribution < -0.4 is 0 Å². The number of nitrogens with zero attached hydrogens (tertiary/aromatic N) is 3. The molecule has 0 radical (unpaired) electrons. The van der Waals surface area contributed by atoms with Gasteiger partial charge < -0.3 is 14.5 Å². The van der Waals surface area contributed by atoms with Crippen LogP contribution in [-0.2, 0) is 14.3 Å². The molecule has 0 N–H and O–H groups in total. The summed E-state index contributed by atoms with van der Waals surface area (Å²) in [6.45, 7) is 7.20. The molecule has 1 unspecified atom stereocenters. The first-order valence-electron chi connectivity index (χ1n) is 13.5. The summed E-state index contributed by atoms with van der Waals surface area (Å²) in [7, 11) is 0. The summed E-state index contributed by atoms with van der Waals surface area (Å²) in [4.78, 5) is 31.3. The van der Waals surface area contributed by atoms with Crippen molar-refractivity contribution in [1.29, 1.82) is 0 Å². The van der Waals surface area contributed by atoms with Gasteiger partial charge in [0.1, 0.15) is 0 Å². The Bertz CT molecular complexity index is 672. The summed E-state index contributed by atoms with van der Waals surface area (Å²) in [6, 6.07) is 0.622. The number of hydrogen-bond donors (Lipinski definition) is 0.